The third kappa shape index (κ3) is 4.62. The maximum Gasteiger partial charge on any atom is 0.573 e. The van der Waals surface area contributed by atoms with Gasteiger partial charge in [-0.25, -0.2) is 0 Å². The summed E-state index contributed by atoms with van der Waals surface area (Å²) in [6, 6.07) is 12.5. The normalized spacial score (nSPS) is 16.3. The van der Waals surface area contributed by atoms with Gasteiger partial charge in [0, 0.05) is 5.56 Å². The maximum atomic E-state index is 12.2. The van der Waals surface area contributed by atoms with E-state index in [1.165, 1.54) is 29.1 Å². The fourth-order valence-corrected chi connectivity index (χ4v) is 2.69. The fraction of sp³-hybridized carbons (Fsp3) is 0.222. The van der Waals surface area contributed by atoms with E-state index in [-0.39, 0.29) is 5.75 Å². The largest absolute Gasteiger partial charge is 0.573 e. The first-order chi connectivity index (χ1) is 13.9. The smallest absolute Gasteiger partial charge is 0.440 e. The zero-order chi connectivity index (χ0) is 20.4. The Kier molecular flexibility index (Phi) is 4.79. The molecule has 0 spiro atoms. The lowest BCUT2D eigenvalue weighted by molar-refractivity contribution is -0.274. The predicted molar refractivity (Wildman–Crippen MR) is 93.9 cm³/mol. The average molecular weight is 405 g/mol. The van der Waals surface area contributed by atoms with Crippen molar-refractivity contribution < 1.29 is 27.5 Å². The quantitative estimate of drug-likeness (QED) is 0.659. The molecule has 1 aromatic heterocycles. The van der Waals surface area contributed by atoms with Crippen molar-refractivity contribution in [2.75, 3.05) is 0 Å². The average Bonchev–Trinajstić information content (AvgIpc) is 3.31. The minimum atomic E-state index is -4.73. The van der Waals surface area contributed by atoms with Gasteiger partial charge in [0.05, 0.1) is 13.5 Å². The van der Waals surface area contributed by atoms with Crippen LogP contribution in [0.2, 0.25) is 0 Å². The lowest BCUT2D eigenvalue weighted by Gasteiger charge is -2.11. The Labute approximate surface area is 162 Å². The zero-order valence-electron chi connectivity index (χ0n) is 15.0. The number of rotatable bonds is 4. The van der Waals surface area contributed by atoms with Crippen molar-refractivity contribution in [2.45, 2.75) is 18.9 Å². The molecule has 11 heteroatoms. The number of ether oxygens (including phenoxy) is 2. The molecule has 0 aliphatic carbocycles. The van der Waals surface area contributed by atoms with E-state index >= 15 is 0 Å². The van der Waals surface area contributed by atoms with Gasteiger partial charge in [-0.15, -0.1) is 23.4 Å². The van der Waals surface area contributed by atoms with Crippen LogP contribution in [-0.2, 0) is 11.9 Å². The molecule has 1 aliphatic heterocycles. The second-order valence-electron chi connectivity index (χ2n) is 6.13. The molecule has 0 fully saturated rings. The number of hydrogen-bond donors (Lipinski definition) is 0. The number of alkyl halides is 3. The maximum absolute atomic E-state index is 12.2. The third-order valence-corrected chi connectivity index (χ3v) is 3.98. The van der Waals surface area contributed by atoms with Crippen molar-refractivity contribution in [3.63, 3.8) is 0 Å². The lowest BCUT2D eigenvalue weighted by Crippen LogP contribution is -2.17. The molecule has 0 radical (unpaired) electrons. The summed E-state index contributed by atoms with van der Waals surface area (Å²) in [5.74, 6) is 1.11. The molecule has 150 valence electrons. The van der Waals surface area contributed by atoms with Gasteiger partial charge in [0.15, 0.2) is 6.10 Å². The van der Waals surface area contributed by atoms with Crippen LogP contribution in [-0.4, -0.2) is 32.5 Å². The van der Waals surface area contributed by atoms with Gasteiger partial charge in [-0.2, -0.15) is 4.80 Å². The molecule has 0 N–H and O–H groups in total. The second kappa shape index (κ2) is 7.41. The minimum absolute atomic E-state index is 0.297. The summed E-state index contributed by atoms with van der Waals surface area (Å²) in [6.45, 7) is 0. The van der Waals surface area contributed by atoms with E-state index < -0.39 is 12.5 Å². The Bertz CT molecular complexity index is 1020. The highest BCUT2D eigenvalue weighted by Crippen LogP contribution is 2.31. The summed E-state index contributed by atoms with van der Waals surface area (Å²) in [5.41, 5.74) is 1.44. The van der Waals surface area contributed by atoms with Gasteiger partial charge in [0.25, 0.3) is 0 Å². The molecule has 8 nitrogen and oxygen atoms in total. The van der Waals surface area contributed by atoms with Crippen molar-refractivity contribution >= 4 is 5.90 Å². The van der Waals surface area contributed by atoms with E-state index in [9.17, 15) is 13.2 Å². The van der Waals surface area contributed by atoms with E-state index in [0.717, 1.165) is 5.56 Å². The Balaban J connectivity index is 1.35. The van der Waals surface area contributed by atoms with Gasteiger partial charge >= 0.3 is 6.36 Å². The van der Waals surface area contributed by atoms with Crippen LogP contribution >= 0.6 is 0 Å². The number of oxime groups is 1. The summed E-state index contributed by atoms with van der Waals surface area (Å²) < 4.78 is 46.2. The first-order valence-corrected chi connectivity index (χ1v) is 8.46. The number of nitrogens with zero attached hydrogens (tertiary/aromatic N) is 5. The molecule has 0 saturated heterocycles. The van der Waals surface area contributed by atoms with E-state index in [4.69, 9.17) is 9.57 Å². The molecule has 1 atom stereocenters. The first kappa shape index (κ1) is 18.7. The predicted octanol–water partition coefficient (Wildman–Crippen LogP) is 3.63. The second-order valence-corrected chi connectivity index (χ2v) is 6.13. The van der Waals surface area contributed by atoms with Crippen LogP contribution in [0.25, 0.3) is 11.4 Å². The van der Waals surface area contributed by atoms with Crippen LogP contribution < -0.4 is 9.47 Å². The van der Waals surface area contributed by atoms with Crippen LogP contribution in [0.1, 0.15) is 18.1 Å². The Morgan fingerprint density at radius 1 is 1.03 bits per heavy atom. The third-order valence-electron chi connectivity index (χ3n) is 3.98. The topological polar surface area (TPSA) is 83.7 Å². The number of aryl methyl sites for hydroxylation is 1. The molecule has 2 heterocycles. The molecule has 0 unspecified atom stereocenters. The van der Waals surface area contributed by atoms with E-state index in [1.54, 1.807) is 31.3 Å². The Hall–Kier alpha value is -3.63. The van der Waals surface area contributed by atoms with Gasteiger partial charge in [-0.1, -0.05) is 17.3 Å². The first-order valence-electron chi connectivity index (χ1n) is 8.46. The van der Waals surface area contributed by atoms with Crippen molar-refractivity contribution in [1.29, 1.82) is 0 Å². The van der Waals surface area contributed by atoms with Gasteiger partial charge in [0.1, 0.15) is 11.5 Å². The van der Waals surface area contributed by atoms with E-state index in [2.05, 4.69) is 25.3 Å². The van der Waals surface area contributed by atoms with Gasteiger partial charge in [-0.05, 0) is 47.2 Å². The highest BCUT2D eigenvalue weighted by Gasteiger charge is 2.31. The molecule has 0 bridgehead atoms. The SMILES string of the molecule is Cn1nnc(-c2ccc(OC3=NO[C@H](c4ccc(OC(F)(F)F)cc4)C3)cc2)n1. The fourth-order valence-electron chi connectivity index (χ4n) is 2.69. The van der Waals surface area contributed by atoms with Crippen LogP contribution in [0.15, 0.2) is 53.7 Å². The number of tetrazole rings is 1. The Morgan fingerprint density at radius 2 is 1.72 bits per heavy atom. The molecule has 29 heavy (non-hydrogen) atoms. The molecule has 2 aromatic carbocycles. The van der Waals surface area contributed by atoms with Crippen molar-refractivity contribution in [3.05, 3.63) is 54.1 Å². The highest BCUT2D eigenvalue weighted by atomic mass is 19.4. The molecule has 0 amide bonds. The standard InChI is InChI=1S/C18H14F3N5O3/c1-26-23-17(22-25-26)12-4-6-13(7-5-12)27-16-10-15(29-24-16)11-2-8-14(9-3-11)28-18(19,20)21/h2-9,15H,10H2,1H3/t15-/m0/s1. The van der Waals surface area contributed by atoms with E-state index in [0.29, 0.717) is 29.5 Å². The number of hydrogen-bond acceptors (Lipinski definition) is 7. The molecule has 3 aromatic rings. The highest BCUT2D eigenvalue weighted by molar-refractivity contribution is 5.80. The van der Waals surface area contributed by atoms with Crippen LogP contribution in [0.5, 0.6) is 11.5 Å². The minimum Gasteiger partial charge on any atom is -0.440 e. The van der Waals surface area contributed by atoms with Crippen molar-refractivity contribution in [1.82, 2.24) is 20.2 Å². The monoisotopic (exact) mass is 405 g/mol. The summed E-state index contributed by atoms with van der Waals surface area (Å²) in [5, 5.41) is 15.7. The number of halogens is 3. The van der Waals surface area contributed by atoms with Crippen LogP contribution in [0, 0.1) is 0 Å². The molecular weight excluding hydrogens is 391 g/mol. The van der Waals surface area contributed by atoms with Crippen molar-refractivity contribution in [2.24, 2.45) is 12.2 Å². The summed E-state index contributed by atoms with van der Waals surface area (Å²) in [7, 11) is 1.68. The van der Waals surface area contributed by atoms with Gasteiger partial charge in [-0.3, -0.25) is 0 Å². The summed E-state index contributed by atoms with van der Waals surface area (Å²) >= 11 is 0. The van der Waals surface area contributed by atoms with Crippen molar-refractivity contribution in [3.8, 4) is 22.9 Å². The molecule has 1 aliphatic rings. The molecular formula is C18H14F3N5O3. The molecule has 4 rings (SSSR count). The number of aromatic nitrogens is 4. The molecule has 0 saturated carbocycles. The lowest BCUT2D eigenvalue weighted by atomic mass is 10.1. The Morgan fingerprint density at radius 3 is 2.34 bits per heavy atom. The van der Waals surface area contributed by atoms with Crippen LogP contribution in [0.3, 0.4) is 0 Å². The van der Waals surface area contributed by atoms with Crippen LogP contribution in [0.4, 0.5) is 13.2 Å². The van der Waals surface area contributed by atoms with Gasteiger partial charge in [0.2, 0.25) is 11.7 Å². The summed E-state index contributed by atoms with van der Waals surface area (Å²) in [6.07, 6.45) is -4.84. The van der Waals surface area contributed by atoms with E-state index in [1.807, 2.05) is 0 Å². The summed E-state index contributed by atoms with van der Waals surface area (Å²) in [4.78, 5) is 6.70. The van der Waals surface area contributed by atoms with Gasteiger partial charge < -0.3 is 14.3 Å². The zero-order valence-corrected chi connectivity index (χ0v) is 15.0. The number of benzene rings is 2.